The molecule has 1 amide bonds. The van der Waals surface area contributed by atoms with E-state index in [-0.39, 0.29) is 0 Å². The SMILES string of the molecule is B/C(ON)=C(\C)C(=C)NC(=O)Oc1ccccc1. The summed E-state index contributed by atoms with van der Waals surface area (Å²) in [5, 5.41) is 2.49. The highest BCUT2D eigenvalue weighted by molar-refractivity contribution is 6.20. The quantitative estimate of drug-likeness (QED) is 0.360. The Kier molecular flexibility index (Phi) is 5.01. The zero-order valence-electron chi connectivity index (χ0n) is 10.4. The van der Waals surface area contributed by atoms with E-state index < -0.39 is 6.09 Å². The van der Waals surface area contributed by atoms with Crippen molar-refractivity contribution in [2.45, 2.75) is 6.92 Å². The molecule has 0 unspecified atom stereocenters. The van der Waals surface area contributed by atoms with E-state index in [9.17, 15) is 4.79 Å². The molecule has 0 radical (unpaired) electrons. The van der Waals surface area contributed by atoms with Gasteiger partial charge in [-0.25, -0.2) is 4.79 Å². The summed E-state index contributed by atoms with van der Waals surface area (Å²) in [7, 11) is 1.67. The van der Waals surface area contributed by atoms with Gasteiger partial charge in [-0.3, -0.25) is 5.32 Å². The Bertz CT molecular complexity index is 471. The highest BCUT2D eigenvalue weighted by Crippen LogP contribution is 2.11. The average molecular weight is 246 g/mol. The average Bonchev–Trinajstić information content (AvgIpc) is 2.37. The fraction of sp³-hybridized carbons (Fsp3) is 0.0833. The van der Waals surface area contributed by atoms with E-state index in [0.29, 0.717) is 22.7 Å². The van der Waals surface area contributed by atoms with Crippen molar-refractivity contribution < 1.29 is 14.4 Å². The summed E-state index contributed by atoms with van der Waals surface area (Å²) in [6, 6.07) is 8.74. The number of hydrogen-bond donors (Lipinski definition) is 2. The number of ether oxygens (including phenoxy) is 1. The van der Waals surface area contributed by atoms with Crippen LogP contribution in [0.1, 0.15) is 6.92 Å². The summed E-state index contributed by atoms with van der Waals surface area (Å²) in [4.78, 5) is 16.1. The molecule has 0 aliphatic rings. The van der Waals surface area contributed by atoms with E-state index in [4.69, 9.17) is 10.6 Å². The predicted molar refractivity (Wildman–Crippen MR) is 71.3 cm³/mol. The predicted octanol–water partition coefficient (Wildman–Crippen LogP) is 1.04. The third kappa shape index (κ3) is 3.99. The standard InChI is InChI=1S/C12H15BN2O3/c1-8(11(13)18-14)9(2)15-12(16)17-10-6-4-3-5-7-10/h3-7H,2,13-14H2,1H3,(H,15,16)/b11-8-. The lowest BCUT2D eigenvalue weighted by atomic mass is 10.0. The van der Waals surface area contributed by atoms with Crippen LogP contribution >= 0.6 is 0 Å². The number of hydrogen-bond acceptors (Lipinski definition) is 4. The molecule has 1 aromatic carbocycles. The molecule has 5 nitrogen and oxygen atoms in total. The molecule has 0 aromatic heterocycles. The van der Waals surface area contributed by atoms with Gasteiger partial charge in [0.15, 0.2) is 7.85 Å². The van der Waals surface area contributed by atoms with Crippen LogP contribution in [-0.2, 0) is 4.84 Å². The molecule has 0 heterocycles. The summed E-state index contributed by atoms with van der Waals surface area (Å²) in [5.74, 6) is 5.48. The molecule has 0 fully saturated rings. The zero-order valence-corrected chi connectivity index (χ0v) is 10.4. The third-order valence-electron chi connectivity index (χ3n) is 2.36. The first-order valence-electron chi connectivity index (χ1n) is 5.32. The second kappa shape index (κ2) is 6.51. The zero-order chi connectivity index (χ0) is 13.5. The number of amides is 1. The topological polar surface area (TPSA) is 73.6 Å². The van der Waals surface area contributed by atoms with Gasteiger partial charge in [0, 0.05) is 11.3 Å². The van der Waals surface area contributed by atoms with Crippen LogP contribution in [0.2, 0.25) is 0 Å². The molecule has 3 N–H and O–H groups in total. The van der Waals surface area contributed by atoms with Gasteiger partial charge in [-0.2, -0.15) is 5.90 Å². The second-order valence-corrected chi connectivity index (χ2v) is 3.61. The van der Waals surface area contributed by atoms with Gasteiger partial charge in [-0.15, -0.1) is 0 Å². The Morgan fingerprint density at radius 3 is 2.56 bits per heavy atom. The lowest BCUT2D eigenvalue weighted by molar-refractivity contribution is 0.203. The van der Waals surface area contributed by atoms with Gasteiger partial charge in [0.25, 0.3) is 0 Å². The summed E-state index contributed by atoms with van der Waals surface area (Å²) < 4.78 is 5.04. The van der Waals surface area contributed by atoms with Crippen molar-refractivity contribution in [2.75, 3.05) is 0 Å². The highest BCUT2D eigenvalue weighted by Gasteiger charge is 2.08. The van der Waals surface area contributed by atoms with Crippen LogP contribution in [0.4, 0.5) is 4.79 Å². The summed E-state index contributed by atoms with van der Waals surface area (Å²) in [5.41, 5.74) is 1.49. The Hall–Kier alpha value is -2.21. The van der Waals surface area contributed by atoms with Crippen LogP contribution in [0.15, 0.2) is 53.8 Å². The van der Waals surface area contributed by atoms with Crippen molar-refractivity contribution in [1.82, 2.24) is 5.32 Å². The Labute approximate surface area is 107 Å². The van der Waals surface area contributed by atoms with Gasteiger partial charge in [0.1, 0.15) is 5.75 Å². The monoisotopic (exact) mass is 246 g/mol. The molecule has 0 saturated heterocycles. The third-order valence-corrected chi connectivity index (χ3v) is 2.36. The molecule has 18 heavy (non-hydrogen) atoms. The lowest BCUT2D eigenvalue weighted by Crippen LogP contribution is -2.26. The molecule has 0 atom stereocenters. The largest absolute Gasteiger partial charge is 0.427 e. The van der Waals surface area contributed by atoms with Crippen molar-refractivity contribution in [2.24, 2.45) is 5.90 Å². The lowest BCUT2D eigenvalue weighted by Gasteiger charge is -2.11. The summed E-state index contributed by atoms with van der Waals surface area (Å²) in [6.45, 7) is 5.43. The number of rotatable bonds is 4. The normalized spacial score (nSPS) is 11.2. The molecule has 1 rings (SSSR count). The minimum atomic E-state index is -0.615. The van der Waals surface area contributed by atoms with Crippen LogP contribution < -0.4 is 16.0 Å². The van der Waals surface area contributed by atoms with E-state index >= 15 is 0 Å². The molecule has 0 saturated carbocycles. The van der Waals surface area contributed by atoms with Crippen molar-refractivity contribution >= 4 is 13.9 Å². The van der Waals surface area contributed by atoms with Gasteiger partial charge in [0.2, 0.25) is 0 Å². The Balaban J connectivity index is 2.59. The van der Waals surface area contributed by atoms with Crippen LogP contribution in [0.25, 0.3) is 0 Å². The van der Waals surface area contributed by atoms with Gasteiger partial charge >= 0.3 is 6.09 Å². The maximum Gasteiger partial charge on any atom is 0.417 e. The molecule has 0 bridgehead atoms. The fourth-order valence-corrected chi connectivity index (χ4v) is 1.14. The molecular weight excluding hydrogens is 231 g/mol. The minimum absolute atomic E-state index is 0.374. The van der Waals surface area contributed by atoms with Crippen LogP contribution in [-0.4, -0.2) is 13.9 Å². The first kappa shape index (κ1) is 13.9. The van der Waals surface area contributed by atoms with E-state index in [0.717, 1.165) is 0 Å². The van der Waals surface area contributed by atoms with Crippen molar-refractivity contribution in [3.63, 3.8) is 0 Å². The second-order valence-electron chi connectivity index (χ2n) is 3.61. The molecule has 0 aliphatic carbocycles. The first-order chi connectivity index (χ1) is 8.54. The van der Waals surface area contributed by atoms with Crippen LogP contribution in [0.3, 0.4) is 0 Å². The van der Waals surface area contributed by atoms with E-state index in [1.165, 1.54) is 0 Å². The maximum absolute atomic E-state index is 11.5. The van der Waals surface area contributed by atoms with Gasteiger partial charge < -0.3 is 9.57 Å². The molecule has 1 aromatic rings. The molecule has 94 valence electrons. The van der Waals surface area contributed by atoms with Crippen LogP contribution in [0, 0.1) is 0 Å². The number of nitrogens with two attached hydrogens (primary N) is 1. The van der Waals surface area contributed by atoms with Crippen LogP contribution in [0.5, 0.6) is 5.75 Å². The van der Waals surface area contributed by atoms with Gasteiger partial charge in [-0.1, -0.05) is 24.8 Å². The number of para-hydroxylation sites is 1. The summed E-state index contributed by atoms with van der Waals surface area (Å²) in [6.07, 6.45) is -0.615. The molecule has 6 heteroatoms. The van der Waals surface area contributed by atoms with Crippen molar-refractivity contribution in [3.05, 3.63) is 53.8 Å². The number of allylic oxidation sites excluding steroid dienone is 1. The minimum Gasteiger partial charge on any atom is -0.427 e. The number of carbonyl (C=O) groups is 1. The van der Waals surface area contributed by atoms with Gasteiger partial charge in [-0.05, 0) is 19.1 Å². The number of benzene rings is 1. The number of carbonyl (C=O) groups excluding carboxylic acids is 1. The van der Waals surface area contributed by atoms with E-state index in [2.05, 4.69) is 16.7 Å². The van der Waals surface area contributed by atoms with E-state index in [1.54, 1.807) is 39.0 Å². The molecular formula is C12H15BN2O3. The Morgan fingerprint density at radius 2 is 2.00 bits per heavy atom. The van der Waals surface area contributed by atoms with Crippen molar-refractivity contribution in [3.8, 4) is 5.75 Å². The van der Waals surface area contributed by atoms with Gasteiger partial charge in [0.05, 0.1) is 5.66 Å². The maximum atomic E-state index is 11.5. The highest BCUT2D eigenvalue weighted by atomic mass is 16.6. The fourth-order valence-electron chi connectivity index (χ4n) is 1.14. The molecule has 0 spiro atoms. The molecule has 0 aliphatic heterocycles. The number of nitrogens with one attached hydrogen (secondary N) is 1. The first-order valence-corrected chi connectivity index (χ1v) is 5.32. The van der Waals surface area contributed by atoms with Crippen molar-refractivity contribution in [1.29, 1.82) is 0 Å². The summed E-state index contributed by atoms with van der Waals surface area (Å²) >= 11 is 0. The smallest absolute Gasteiger partial charge is 0.417 e. The van der Waals surface area contributed by atoms with E-state index in [1.807, 2.05) is 6.07 Å². The Morgan fingerprint density at radius 1 is 1.39 bits per heavy atom.